The highest BCUT2D eigenvalue weighted by Gasteiger charge is 2.34. The largest absolute Gasteiger partial charge is 0.368 e. The predicted octanol–water partition coefficient (Wildman–Crippen LogP) is 0.256. The Balaban J connectivity index is 2.58. The Bertz CT molecular complexity index is 297. The minimum atomic E-state index is -0.621. The van der Waals surface area contributed by atoms with Crippen LogP contribution in [0.5, 0.6) is 0 Å². The van der Waals surface area contributed by atoms with E-state index in [1.165, 1.54) is 0 Å². The van der Waals surface area contributed by atoms with E-state index in [4.69, 9.17) is 5.73 Å². The van der Waals surface area contributed by atoms with Crippen molar-refractivity contribution in [2.24, 2.45) is 5.73 Å². The Hall–Kier alpha value is -0.650. The topological polar surface area (TPSA) is 61.6 Å². The van der Waals surface area contributed by atoms with Crippen molar-refractivity contribution in [2.75, 3.05) is 39.3 Å². The van der Waals surface area contributed by atoms with Crippen molar-refractivity contribution >= 4 is 5.91 Å². The number of primary amides is 1. The Kier molecular flexibility index (Phi) is 6.23. The maximum Gasteiger partial charge on any atom is 0.238 e. The average molecular weight is 270 g/mol. The molecule has 5 heteroatoms. The van der Waals surface area contributed by atoms with Gasteiger partial charge in [-0.15, -0.1) is 0 Å². The van der Waals surface area contributed by atoms with Gasteiger partial charge in [-0.3, -0.25) is 14.6 Å². The molecule has 0 aromatic rings. The number of amides is 1. The van der Waals surface area contributed by atoms with Crippen LogP contribution in [-0.4, -0.2) is 66.6 Å². The van der Waals surface area contributed by atoms with Crippen molar-refractivity contribution in [1.82, 2.24) is 15.1 Å². The number of carbonyl (C=O) groups is 1. The summed E-state index contributed by atoms with van der Waals surface area (Å²) in [6.07, 6.45) is 1.00. The molecule has 112 valence electrons. The molecule has 0 radical (unpaired) electrons. The van der Waals surface area contributed by atoms with Gasteiger partial charge < -0.3 is 11.1 Å². The molecule has 1 aliphatic rings. The monoisotopic (exact) mass is 270 g/mol. The maximum absolute atomic E-state index is 11.7. The third-order valence-corrected chi connectivity index (χ3v) is 4.10. The Labute approximate surface area is 117 Å². The molecular formula is C14H30N4O. The van der Waals surface area contributed by atoms with Crippen LogP contribution in [0.1, 0.15) is 34.1 Å². The maximum atomic E-state index is 11.7. The molecule has 0 saturated carbocycles. The number of hydrogen-bond acceptors (Lipinski definition) is 4. The zero-order chi connectivity index (χ0) is 14.5. The van der Waals surface area contributed by atoms with Crippen LogP contribution in [0.4, 0.5) is 0 Å². The number of carbonyl (C=O) groups excluding carboxylic acids is 1. The van der Waals surface area contributed by atoms with Crippen LogP contribution in [-0.2, 0) is 4.79 Å². The van der Waals surface area contributed by atoms with Gasteiger partial charge in [0.1, 0.15) is 5.54 Å². The molecule has 19 heavy (non-hydrogen) atoms. The van der Waals surface area contributed by atoms with Crippen molar-refractivity contribution < 1.29 is 4.79 Å². The fourth-order valence-corrected chi connectivity index (χ4v) is 2.75. The molecule has 1 heterocycles. The Morgan fingerprint density at radius 2 is 2.11 bits per heavy atom. The van der Waals surface area contributed by atoms with Gasteiger partial charge in [0.2, 0.25) is 5.91 Å². The molecule has 1 fully saturated rings. The Morgan fingerprint density at radius 1 is 1.42 bits per heavy atom. The number of hydrogen-bond donors (Lipinski definition) is 2. The van der Waals surface area contributed by atoms with Gasteiger partial charge in [-0.1, -0.05) is 13.8 Å². The molecule has 1 saturated heterocycles. The minimum absolute atomic E-state index is 0.258. The fourth-order valence-electron chi connectivity index (χ4n) is 2.75. The number of nitrogens with one attached hydrogen (secondary N) is 1. The standard InChI is InChI=1S/C14H30N4O/c1-5-7-16-14(4,13(15)19)11-17-8-9-18(6-2)12(3)10-17/h12,16H,5-11H2,1-4H3,(H2,15,19). The van der Waals surface area contributed by atoms with Crippen LogP contribution in [0.3, 0.4) is 0 Å². The summed E-state index contributed by atoms with van der Waals surface area (Å²) < 4.78 is 0. The first-order valence-electron chi connectivity index (χ1n) is 7.44. The van der Waals surface area contributed by atoms with E-state index >= 15 is 0 Å². The van der Waals surface area contributed by atoms with E-state index in [0.717, 1.165) is 39.1 Å². The number of rotatable bonds is 7. The highest BCUT2D eigenvalue weighted by molar-refractivity contribution is 5.84. The van der Waals surface area contributed by atoms with Gasteiger partial charge >= 0.3 is 0 Å². The second-order valence-electron chi connectivity index (χ2n) is 5.84. The molecule has 0 bridgehead atoms. The van der Waals surface area contributed by atoms with Crippen LogP contribution in [0.2, 0.25) is 0 Å². The summed E-state index contributed by atoms with van der Waals surface area (Å²) in [5.74, 6) is -0.258. The van der Waals surface area contributed by atoms with Gasteiger partial charge in [-0.25, -0.2) is 0 Å². The first kappa shape index (κ1) is 16.4. The molecule has 0 aromatic heterocycles. The summed E-state index contributed by atoms with van der Waals surface area (Å²) >= 11 is 0. The molecule has 5 nitrogen and oxygen atoms in total. The highest BCUT2D eigenvalue weighted by Crippen LogP contribution is 2.13. The van der Waals surface area contributed by atoms with Crippen LogP contribution in [0.25, 0.3) is 0 Å². The van der Waals surface area contributed by atoms with Gasteiger partial charge in [-0.05, 0) is 33.4 Å². The van der Waals surface area contributed by atoms with Crippen molar-refractivity contribution in [3.05, 3.63) is 0 Å². The van der Waals surface area contributed by atoms with Crippen molar-refractivity contribution in [1.29, 1.82) is 0 Å². The minimum Gasteiger partial charge on any atom is -0.368 e. The third kappa shape index (κ3) is 4.44. The SMILES string of the molecule is CCCNC(C)(CN1CCN(CC)C(C)C1)C(N)=O. The molecule has 1 aliphatic heterocycles. The smallest absolute Gasteiger partial charge is 0.238 e. The van der Waals surface area contributed by atoms with Gasteiger partial charge in [0.25, 0.3) is 0 Å². The average Bonchev–Trinajstić information content (AvgIpc) is 2.36. The summed E-state index contributed by atoms with van der Waals surface area (Å²) in [7, 11) is 0. The number of nitrogens with zero attached hydrogens (tertiary/aromatic N) is 2. The van der Waals surface area contributed by atoms with Crippen LogP contribution in [0, 0.1) is 0 Å². The van der Waals surface area contributed by atoms with Gasteiger partial charge in [-0.2, -0.15) is 0 Å². The molecular weight excluding hydrogens is 240 g/mol. The van der Waals surface area contributed by atoms with E-state index in [1.54, 1.807) is 0 Å². The van der Waals surface area contributed by atoms with Crippen LogP contribution >= 0.6 is 0 Å². The lowest BCUT2D eigenvalue weighted by atomic mass is 9.99. The molecule has 0 aliphatic carbocycles. The summed E-state index contributed by atoms with van der Waals surface area (Å²) in [4.78, 5) is 16.5. The quantitative estimate of drug-likeness (QED) is 0.696. The summed E-state index contributed by atoms with van der Waals surface area (Å²) in [5, 5.41) is 3.30. The number of nitrogens with two attached hydrogens (primary N) is 1. The van der Waals surface area contributed by atoms with Gasteiger partial charge in [0, 0.05) is 32.2 Å². The summed E-state index contributed by atoms with van der Waals surface area (Å²) in [5.41, 5.74) is 4.96. The first-order valence-corrected chi connectivity index (χ1v) is 7.44. The van der Waals surface area contributed by atoms with E-state index in [-0.39, 0.29) is 5.91 Å². The number of likely N-dealkylation sites (N-methyl/N-ethyl adjacent to an activating group) is 1. The third-order valence-electron chi connectivity index (χ3n) is 4.10. The molecule has 2 atom stereocenters. The lowest BCUT2D eigenvalue weighted by Crippen LogP contribution is -2.63. The summed E-state index contributed by atoms with van der Waals surface area (Å²) in [6.45, 7) is 14.2. The first-order chi connectivity index (χ1) is 8.92. The molecule has 0 aromatic carbocycles. The van der Waals surface area contributed by atoms with Crippen molar-refractivity contribution in [3.8, 4) is 0 Å². The van der Waals surface area contributed by atoms with E-state index in [9.17, 15) is 4.79 Å². The molecule has 3 N–H and O–H groups in total. The molecule has 0 spiro atoms. The van der Waals surface area contributed by atoms with E-state index in [0.29, 0.717) is 12.6 Å². The van der Waals surface area contributed by atoms with Crippen LogP contribution < -0.4 is 11.1 Å². The predicted molar refractivity (Wildman–Crippen MR) is 79.0 cm³/mol. The zero-order valence-electron chi connectivity index (χ0n) is 12.9. The molecule has 1 rings (SSSR count). The lowest BCUT2D eigenvalue weighted by molar-refractivity contribution is -0.125. The van der Waals surface area contributed by atoms with Crippen LogP contribution in [0.15, 0.2) is 0 Å². The second-order valence-corrected chi connectivity index (χ2v) is 5.84. The summed E-state index contributed by atoms with van der Waals surface area (Å²) in [6, 6.07) is 0.544. The zero-order valence-corrected chi connectivity index (χ0v) is 12.9. The van der Waals surface area contributed by atoms with Crippen molar-refractivity contribution in [3.63, 3.8) is 0 Å². The van der Waals surface area contributed by atoms with E-state index in [2.05, 4.69) is 35.9 Å². The van der Waals surface area contributed by atoms with Gasteiger partial charge in [0.05, 0.1) is 0 Å². The second kappa shape index (κ2) is 7.22. The Morgan fingerprint density at radius 3 is 2.58 bits per heavy atom. The lowest BCUT2D eigenvalue weighted by Gasteiger charge is -2.42. The molecule has 2 unspecified atom stereocenters. The van der Waals surface area contributed by atoms with E-state index in [1.807, 2.05) is 6.92 Å². The number of piperazine rings is 1. The highest BCUT2D eigenvalue weighted by atomic mass is 16.1. The normalized spacial score (nSPS) is 25.2. The van der Waals surface area contributed by atoms with Gasteiger partial charge in [0.15, 0.2) is 0 Å². The fraction of sp³-hybridized carbons (Fsp3) is 0.929. The molecule has 1 amide bonds. The van der Waals surface area contributed by atoms with Crippen molar-refractivity contribution in [2.45, 2.75) is 45.7 Å². The van der Waals surface area contributed by atoms with E-state index < -0.39 is 5.54 Å².